The number of nitrogens with zero attached hydrogens (tertiary/aromatic N) is 2. The number of alkyl halides is 3. The Morgan fingerprint density at radius 2 is 1.90 bits per heavy atom. The van der Waals surface area contributed by atoms with Crippen LogP contribution in [0.25, 0.3) is 0 Å². The Morgan fingerprint density at radius 3 is 2.57 bits per heavy atom. The summed E-state index contributed by atoms with van der Waals surface area (Å²) in [6.07, 6.45) is -5.58. The van der Waals surface area contributed by atoms with Crippen molar-refractivity contribution in [3.8, 4) is 0 Å². The number of carbonyl (C=O) groups is 2. The average Bonchev–Trinajstić information content (AvgIpc) is 2.79. The van der Waals surface area contributed by atoms with E-state index in [4.69, 9.17) is 0 Å². The molecule has 0 aromatic heterocycles. The van der Waals surface area contributed by atoms with Gasteiger partial charge in [-0.25, -0.2) is 0 Å². The zero-order valence-corrected chi connectivity index (χ0v) is 17.1. The van der Waals surface area contributed by atoms with Crippen molar-refractivity contribution in [2.24, 2.45) is 0 Å². The molecule has 2 aromatic rings. The highest BCUT2D eigenvalue weighted by atomic mass is 19.4. The number of nitrogens with one attached hydrogen (secondary N) is 1. The number of rotatable bonds is 4. The molecule has 8 heteroatoms. The molecule has 1 atom stereocenters. The number of likely N-dealkylation sites (N-methyl/N-ethyl adjacent to an activating group) is 1. The third-order valence-electron chi connectivity index (χ3n) is 5.12. The van der Waals surface area contributed by atoms with Gasteiger partial charge >= 0.3 is 6.18 Å². The van der Waals surface area contributed by atoms with Crippen LogP contribution < -0.4 is 10.2 Å². The highest BCUT2D eigenvalue weighted by Gasteiger charge is 2.49. The van der Waals surface area contributed by atoms with Gasteiger partial charge in [-0.15, -0.1) is 0 Å². The topological polar surface area (TPSA) is 52.7 Å². The van der Waals surface area contributed by atoms with Crippen molar-refractivity contribution in [1.29, 1.82) is 0 Å². The van der Waals surface area contributed by atoms with Crippen LogP contribution in [-0.2, 0) is 16.1 Å². The first-order chi connectivity index (χ1) is 14.1. The standard InChI is InChI=1S/C22H24F3N3O2/c1-14-8-9-16(15(2)10-14)12-27(3)13-21(30)28-18-7-5-4-6-17(18)26-20(29)11-19(28)22(23,24)25/h4-10,19H,11-13H2,1-3H3,(H,26,29)/t19-/m1/s1. The molecule has 2 aromatic carbocycles. The lowest BCUT2D eigenvalue weighted by Gasteiger charge is -2.33. The molecule has 0 radical (unpaired) electrons. The van der Waals surface area contributed by atoms with Crippen molar-refractivity contribution in [2.45, 2.75) is 39.0 Å². The first-order valence-electron chi connectivity index (χ1n) is 9.58. The van der Waals surface area contributed by atoms with Gasteiger partial charge < -0.3 is 5.32 Å². The van der Waals surface area contributed by atoms with Crippen LogP contribution in [0.1, 0.15) is 23.1 Å². The maximum absolute atomic E-state index is 13.8. The van der Waals surface area contributed by atoms with Crippen LogP contribution >= 0.6 is 0 Å². The molecule has 0 spiro atoms. The summed E-state index contributed by atoms with van der Waals surface area (Å²) in [5.41, 5.74) is 3.41. The normalized spacial score (nSPS) is 16.8. The summed E-state index contributed by atoms with van der Waals surface area (Å²) in [5, 5.41) is 2.47. The summed E-state index contributed by atoms with van der Waals surface area (Å²) in [7, 11) is 1.69. The molecule has 0 unspecified atom stereocenters. The van der Waals surface area contributed by atoms with Crippen molar-refractivity contribution in [3.05, 3.63) is 59.2 Å². The van der Waals surface area contributed by atoms with Gasteiger partial charge in [-0.05, 0) is 44.2 Å². The summed E-state index contributed by atoms with van der Waals surface area (Å²) in [6.45, 7) is 4.14. The number of aryl methyl sites for hydroxylation is 2. The molecular weight excluding hydrogens is 395 g/mol. The average molecular weight is 419 g/mol. The van der Waals surface area contributed by atoms with Crippen LogP contribution in [-0.4, -0.2) is 42.5 Å². The van der Waals surface area contributed by atoms with Gasteiger partial charge in [-0.2, -0.15) is 13.2 Å². The predicted octanol–water partition coefficient (Wildman–Crippen LogP) is 4.04. The molecule has 0 aliphatic carbocycles. The summed E-state index contributed by atoms with van der Waals surface area (Å²) < 4.78 is 41.4. The lowest BCUT2D eigenvalue weighted by Crippen LogP contribution is -2.52. The first-order valence-corrected chi connectivity index (χ1v) is 9.58. The van der Waals surface area contributed by atoms with Gasteiger partial charge in [-0.1, -0.05) is 35.9 Å². The van der Waals surface area contributed by atoms with E-state index < -0.39 is 30.5 Å². The van der Waals surface area contributed by atoms with Gasteiger partial charge in [0.25, 0.3) is 0 Å². The minimum absolute atomic E-state index is 0.0515. The van der Waals surface area contributed by atoms with Gasteiger partial charge in [0.15, 0.2) is 0 Å². The Balaban J connectivity index is 1.88. The van der Waals surface area contributed by atoms with Gasteiger partial charge in [-0.3, -0.25) is 19.4 Å². The van der Waals surface area contributed by atoms with E-state index in [-0.39, 0.29) is 17.9 Å². The Kier molecular flexibility index (Phi) is 6.17. The minimum Gasteiger partial charge on any atom is -0.324 e. The summed E-state index contributed by atoms with van der Waals surface area (Å²) in [4.78, 5) is 27.5. The third kappa shape index (κ3) is 4.81. The van der Waals surface area contributed by atoms with Crippen molar-refractivity contribution < 1.29 is 22.8 Å². The number of benzene rings is 2. The first kappa shape index (κ1) is 21.8. The molecule has 0 saturated heterocycles. The molecule has 5 nitrogen and oxygen atoms in total. The fourth-order valence-electron chi connectivity index (χ4n) is 3.67. The Hall–Kier alpha value is -2.87. The minimum atomic E-state index is -4.74. The van der Waals surface area contributed by atoms with Crippen LogP contribution in [0, 0.1) is 13.8 Å². The van der Waals surface area contributed by atoms with E-state index in [1.54, 1.807) is 24.1 Å². The highest BCUT2D eigenvalue weighted by Crippen LogP contribution is 2.37. The SMILES string of the molecule is Cc1ccc(CN(C)CC(=O)N2c3ccccc3NC(=O)C[C@@H]2C(F)(F)F)c(C)c1. The molecule has 1 aliphatic heterocycles. The molecule has 0 fully saturated rings. The van der Waals surface area contributed by atoms with E-state index in [9.17, 15) is 22.8 Å². The van der Waals surface area contributed by atoms with E-state index >= 15 is 0 Å². The van der Waals surface area contributed by atoms with E-state index in [1.807, 2.05) is 32.0 Å². The lowest BCUT2D eigenvalue weighted by atomic mass is 10.1. The van der Waals surface area contributed by atoms with Crippen molar-refractivity contribution >= 4 is 23.2 Å². The molecule has 2 amide bonds. The number of amides is 2. The second-order valence-electron chi connectivity index (χ2n) is 7.69. The fraction of sp³-hybridized carbons (Fsp3) is 0.364. The van der Waals surface area contributed by atoms with Gasteiger partial charge in [0.05, 0.1) is 24.3 Å². The predicted molar refractivity (Wildman–Crippen MR) is 109 cm³/mol. The zero-order chi connectivity index (χ0) is 22.1. The number of carbonyl (C=O) groups excluding carboxylic acids is 2. The molecule has 3 rings (SSSR count). The highest BCUT2D eigenvalue weighted by molar-refractivity contribution is 6.05. The molecule has 160 valence electrons. The summed E-state index contributed by atoms with van der Waals surface area (Å²) in [6, 6.07) is 9.77. The molecular formula is C22H24F3N3O2. The van der Waals surface area contributed by atoms with Crippen LogP contribution in [0.2, 0.25) is 0 Å². The van der Waals surface area contributed by atoms with E-state index in [1.165, 1.54) is 12.1 Å². The second-order valence-corrected chi connectivity index (χ2v) is 7.69. The van der Waals surface area contributed by atoms with Crippen molar-refractivity contribution in [3.63, 3.8) is 0 Å². The van der Waals surface area contributed by atoms with E-state index in [0.29, 0.717) is 11.4 Å². The van der Waals surface area contributed by atoms with Crippen LogP contribution in [0.5, 0.6) is 0 Å². The van der Waals surface area contributed by atoms with E-state index in [0.717, 1.165) is 16.7 Å². The maximum atomic E-state index is 13.8. The molecule has 30 heavy (non-hydrogen) atoms. The second kappa shape index (κ2) is 8.47. The maximum Gasteiger partial charge on any atom is 0.409 e. The zero-order valence-electron chi connectivity index (χ0n) is 17.1. The van der Waals surface area contributed by atoms with Crippen LogP contribution in [0.4, 0.5) is 24.5 Å². The summed E-state index contributed by atoms with van der Waals surface area (Å²) in [5.74, 6) is -1.49. The number of para-hydroxylation sites is 2. The molecule has 0 saturated carbocycles. The molecule has 1 heterocycles. The smallest absolute Gasteiger partial charge is 0.324 e. The number of hydrogen-bond donors (Lipinski definition) is 1. The quantitative estimate of drug-likeness (QED) is 0.814. The Labute approximate surface area is 173 Å². The summed E-state index contributed by atoms with van der Waals surface area (Å²) >= 11 is 0. The van der Waals surface area contributed by atoms with Gasteiger partial charge in [0, 0.05) is 6.54 Å². The Bertz CT molecular complexity index is 959. The number of hydrogen-bond acceptors (Lipinski definition) is 3. The fourth-order valence-corrected chi connectivity index (χ4v) is 3.67. The number of anilines is 2. The van der Waals surface area contributed by atoms with Crippen LogP contribution in [0.15, 0.2) is 42.5 Å². The monoisotopic (exact) mass is 419 g/mol. The third-order valence-corrected chi connectivity index (χ3v) is 5.12. The van der Waals surface area contributed by atoms with Gasteiger partial charge in [0.2, 0.25) is 11.8 Å². The Morgan fingerprint density at radius 1 is 1.20 bits per heavy atom. The van der Waals surface area contributed by atoms with Crippen LogP contribution in [0.3, 0.4) is 0 Å². The van der Waals surface area contributed by atoms with Gasteiger partial charge in [0.1, 0.15) is 6.04 Å². The largest absolute Gasteiger partial charge is 0.409 e. The number of halogens is 3. The van der Waals surface area contributed by atoms with Crippen molar-refractivity contribution in [1.82, 2.24) is 4.90 Å². The molecule has 1 N–H and O–H groups in total. The number of fused-ring (bicyclic) bond motifs is 1. The van der Waals surface area contributed by atoms with E-state index in [2.05, 4.69) is 5.32 Å². The lowest BCUT2D eigenvalue weighted by molar-refractivity contribution is -0.158. The molecule has 1 aliphatic rings. The molecule has 0 bridgehead atoms. The van der Waals surface area contributed by atoms with Crippen molar-refractivity contribution in [2.75, 3.05) is 23.8 Å².